The van der Waals surface area contributed by atoms with Crippen molar-refractivity contribution in [2.45, 2.75) is 24.6 Å². The average molecular weight is 458 g/mol. The average Bonchev–Trinajstić information content (AvgIpc) is 3.29. The van der Waals surface area contributed by atoms with E-state index in [4.69, 9.17) is 0 Å². The summed E-state index contributed by atoms with van der Waals surface area (Å²) in [6.07, 6.45) is 7.11. The second-order valence-corrected chi connectivity index (χ2v) is 7.40. The van der Waals surface area contributed by atoms with E-state index in [0.29, 0.717) is 0 Å². The Balaban J connectivity index is 0.00000208. The third-order valence-corrected chi connectivity index (χ3v) is 5.70. The monoisotopic (exact) mass is 458 g/mol. The number of hydrogen-bond acceptors (Lipinski definition) is 3. The number of anilines is 1. The van der Waals surface area contributed by atoms with E-state index in [-0.39, 0.29) is 24.0 Å². The number of nitrogens with zero attached hydrogens (tertiary/aromatic N) is 2. The Morgan fingerprint density at radius 1 is 1.29 bits per heavy atom. The molecule has 0 saturated carbocycles. The van der Waals surface area contributed by atoms with Crippen molar-refractivity contribution in [1.82, 2.24) is 10.6 Å². The number of hydrogen-bond donors (Lipinski definition) is 2. The van der Waals surface area contributed by atoms with Gasteiger partial charge in [-0.15, -0.1) is 24.0 Å². The van der Waals surface area contributed by atoms with Gasteiger partial charge in [0.15, 0.2) is 5.96 Å². The smallest absolute Gasteiger partial charge is 0.191 e. The fraction of sp³-hybridized carbons (Fsp3) is 0.500. The molecule has 6 heteroatoms. The molecule has 2 heterocycles. The molecule has 1 aromatic carbocycles. The Hall–Kier alpha value is -0.890. The van der Waals surface area contributed by atoms with Gasteiger partial charge in [-0.3, -0.25) is 4.99 Å². The van der Waals surface area contributed by atoms with Crippen molar-refractivity contribution in [3.05, 3.63) is 42.0 Å². The summed E-state index contributed by atoms with van der Waals surface area (Å²) < 4.78 is 0. The number of thioether (sulfide) groups is 1. The van der Waals surface area contributed by atoms with E-state index in [0.717, 1.165) is 37.4 Å². The maximum absolute atomic E-state index is 4.33. The lowest BCUT2D eigenvalue weighted by atomic mass is 10.2. The normalized spacial score (nSPS) is 20.1. The van der Waals surface area contributed by atoms with Crippen LogP contribution in [0.4, 0.5) is 5.69 Å². The SMILES string of the molecule is CN=C(NCc1cccc(N2CC=CC2)c1)NCC1CCCS1.I. The first-order valence-electron chi connectivity index (χ1n) is 8.40. The predicted octanol–water partition coefficient (Wildman–Crippen LogP) is 3.24. The molecule has 1 fully saturated rings. The summed E-state index contributed by atoms with van der Waals surface area (Å²) in [5, 5.41) is 7.61. The summed E-state index contributed by atoms with van der Waals surface area (Å²) >= 11 is 2.07. The molecule has 2 aliphatic heterocycles. The van der Waals surface area contributed by atoms with Crippen LogP contribution in [0.3, 0.4) is 0 Å². The molecule has 0 amide bonds. The van der Waals surface area contributed by atoms with Crippen molar-refractivity contribution in [3.63, 3.8) is 0 Å². The van der Waals surface area contributed by atoms with Gasteiger partial charge >= 0.3 is 0 Å². The van der Waals surface area contributed by atoms with Crippen molar-refractivity contribution in [3.8, 4) is 0 Å². The summed E-state index contributed by atoms with van der Waals surface area (Å²) in [4.78, 5) is 6.70. The van der Waals surface area contributed by atoms with Gasteiger partial charge in [0.1, 0.15) is 0 Å². The van der Waals surface area contributed by atoms with E-state index >= 15 is 0 Å². The van der Waals surface area contributed by atoms with Crippen LogP contribution in [-0.2, 0) is 6.54 Å². The number of aliphatic imine (C=N–C) groups is 1. The zero-order valence-corrected chi connectivity index (χ0v) is 17.3. The summed E-state index contributed by atoms with van der Waals surface area (Å²) in [5.41, 5.74) is 2.58. The molecule has 0 radical (unpaired) electrons. The standard InChI is InChI=1S/C18H26N4S.HI/c1-19-18(21-14-17-8-5-11-23-17)20-13-15-6-4-7-16(12-15)22-9-2-3-10-22;/h2-4,6-7,12,17H,5,8-11,13-14H2,1H3,(H2,19,20,21);1H. The maximum atomic E-state index is 4.33. The molecule has 0 bridgehead atoms. The van der Waals surface area contributed by atoms with Gasteiger partial charge in [0.2, 0.25) is 0 Å². The molecule has 0 aliphatic carbocycles. The highest BCUT2D eigenvalue weighted by atomic mass is 127. The first-order valence-corrected chi connectivity index (χ1v) is 9.45. The van der Waals surface area contributed by atoms with Crippen molar-refractivity contribution in [2.75, 3.05) is 37.3 Å². The molecule has 24 heavy (non-hydrogen) atoms. The molecule has 4 nitrogen and oxygen atoms in total. The summed E-state index contributed by atoms with van der Waals surface area (Å²) in [7, 11) is 1.84. The lowest BCUT2D eigenvalue weighted by Crippen LogP contribution is -2.39. The minimum Gasteiger partial charge on any atom is -0.364 e. The lowest BCUT2D eigenvalue weighted by molar-refractivity contribution is 0.726. The van der Waals surface area contributed by atoms with Crippen LogP contribution < -0.4 is 15.5 Å². The van der Waals surface area contributed by atoms with Crippen molar-refractivity contribution < 1.29 is 0 Å². The van der Waals surface area contributed by atoms with E-state index in [1.165, 1.54) is 29.8 Å². The van der Waals surface area contributed by atoms with Gasteiger partial charge in [0, 0.05) is 44.2 Å². The Labute approximate surface area is 166 Å². The number of benzene rings is 1. The van der Waals surface area contributed by atoms with E-state index in [1.807, 2.05) is 7.05 Å². The lowest BCUT2D eigenvalue weighted by Gasteiger charge is -2.19. The zero-order chi connectivity index (χ0) is 15.9. The summed E-state index contributed by atoms with van der Waals surface area (Å²) in [6.45, 7) is 3.83. The number of guanidine groups is 1. The van der Waals surface area contributed by atoms with Crippen LogP contribution in [0.25, 0.3) is 0 Å². The highest BCUT2D eigenvalue weighted by Gasteiger charge is 2.15. The van der Waals surface area contributed by atoms with Gasteiger partial charge in [0.25, 0.3) is 0 Å². The minimum absolute atomic E-state index is 0. The second kappa shape index (κ2) is 10.2. The Morgan fingerprint density at radius 3 is 2.83 bits per heavy atom. The molecule has 1 unspecified atom stereocenters. The third kappa shape index (κ3) is 5.58. The van der Waals surface area contributed by atoms with E-state index in [9.17, 15) is 0 Å². The Bertz CT molecular complexity index is 562. The van der Waals surface area contributed by atoms with Gasteiger partial charge < -0.3 is 15.5 Å². The van der Waals surface area contributed by atoms with Crippen LogP contribution >= 0.6 is 35.7 Å². The van der Waals surface area contributed by atoms with E-state index in [1.54, 1.807) is 0 Å². The third-order valence-electron chi connectivity index (χ3n) is 4.30. The molecule has 132 valence electrons. The minimum atomic E-state index is 0. The molecule has 1 saturated heterocycles. The van der Waals surface area contributed by atoms with E-state index < -0.39 is 0 Å². The van der Waals surface area contributed by atoms with E-state index in [2.05, 4.69) is 68.7 Å². The zero-order valence-electron chi connectivity index (χ0n) is 14.2. The quantitative estimate of drug-likeness (QED) is 0.308. The van der Waals surface area contributed by atoms with Crippen molar-refractivity contribution in [1.29, 1.82) is 0 Å². The molecule has 1 aromatic rings. The fourth-order valence-electron chi connectivity index (χ4n) is 2.97. The van der Waals surface area contributed by atoms with Gasteiger partial charge in [-0.25, -0.2) is 0 Å². The predicted molar refractivity (Wildman–Crippen MR) is 117 cm³/mol. The molecule has 1 atom stereocenters. The first kappa shape index (κ1) is 19.4. The van der Waals surface area contributed by atoms with Gasteiger partial charge in [-0.05, 0) is 36.3 Å². The number of nitrogens with one attached hydrogen (secondary N) is 2. The largest absolute Gasteiger partial charge is 0.364 e. The van der Waals surface area contributed by atoms with Crippen LogP contribution in [0.2, 0.25) is 0 Å². The van der Waals surface area contributed by atoms with Crippen LogP contribution in [0, 0.1) is 0 Å². The molecule has 3 rings (SSSR count). The van der Waals surface area contributed by atoms with Crippen molar-refractivity contribution >= 4 is 47.4 Å². The highest BCUT2D eigenvalue weighted by molar-refractivity contribution is 14.0. The van der Waals surface area contributed by atoms with Crippen LogP contribution in [0.5, 0.6) is 0 Å². The number of halogens is 1. The van der Waals surface area contributed by atoms with Gasteiger partial charge in [0.05, 0.1) is 0 Å². The second-order valence-electron chi connectivity index (χ2n) is 5.99. The number of rotatable bonds is 5. The fourth-order valence-corrected chi connectivity index (χ4v) is 4.18. The van der Waals surface area contributed by atoms with Crippen LogP contribution in [-0.4, -0.2) is 43.6 Å². The van der Waals surface area contributed by atoms with Crippen LogP contribution in [0.15, 0.2) is 41.4 Å². The topological polar surface area (TPSA) is 39.7 Å². The maximum Gasteiger partial charge on any atom is 0.191 e. The van der Waals surface area contributed by atoms with Crippen molar-refractivity contribution in [2.24, 2.45) is 4.99 Å². The molecule has 2 N–H and O–H groups in total. The molecular formula is C18H27IN4S. The van der Waals surface area contributed by atoms with Gasteiger partial charge in [-0.1, -0.05) is 24.3 Å². The summed E-state index contributed by atoms with van der Waals surface area (Å²) in [6, 6.07) is 8.75. The molecule has 0 aromatic heterocycles. The van der Waals surface area contributed by atoms with Crippen LogP contribution in [0.1, 0.15) is 18.4 Å². The Morgan fingerprint density at radius 2 is 2.12 bits per heavy atom. The molecule has 2 aliphatic rings. The van der Waals surface area contributed by atoms with Gasteiger partial charge in [-0.2, -0.15) is 11.8 Å². The molecule has 0 spiro atoms. The summed E-state index contributed by atoms with van der Waals surface area (Å²) in [5.74, 6) is 2.20. The first-order chi connectivity index (χ1) is 11.3. The highest BCUT2D eigenvalue weighted by Crippen LogP contribution is 2.25. The Kier molecular flexibility index (Phi) is 8.24. The molecular weight excluding hydrogens is 431 g/mol.